The molecule has 0 spiro atoms. The van der Waals surface area contributed by atoms with E-state index in [0.717, 1.165) is 58.3 Å². The lowest BCUT2D eigenvalue weighted by Gasteiger charge is -2.34. The van der Waals surface area contributed by atoms with Crippen molar-refractivity contribution in [1.29, 1.82) is 0 Å². The number of hydrogen-bond acceptors (Lipinski definition) is 4. The van der Waals surface area contributed by atoms with Crippen LogP contribution < -0.4 is 4.90 Å². The summed E-state index contributed by atoms with van der Waals surface area (Å²) in [6.45, 7) is 13.5. The fourth-order valence-corrected chi connectivity index (χ4v) is 4.11. The molecule has 1 aromatic carbocycles. The van der Waals surface area contributed by atoms with Gasteiger partial charge in [0.2, 0.25) is 0 Å². The second-order valence-electron chi connectivity index (χ2n) is 8.84. The summed E-state index contributed by atoms with van der Waals surface area (Å²) in [4.78, 5) is 7.49. The van der Waals surface area contributed by atoms with Crippen LogP contribution in [0, 0.1) is 5.92 Å². The van der Waals surface area contributed by atoms with Gasteiger partial charge in [0, 0.05) is 58.1 Å². The minimum absolute atomic E-state index is 0.480. The summed E-state index contributed by atoms with van der Waals surface area (Å²) in [6, 6.07) is 9.26. The number of likely N-dealkylation sites (tertiary alicyclic amines) is 1. The lowest BCUT2D eigenvalue weighted by Crippen LogP contribution is -2.44. The number of nitrogens with zero attached hydrogens (tertiary/aromatic N) is 3. The molecule has 0 saturated carbocycles. The van der Waals surface area contributed by atoms with Gasteiger partial charge in [-0.2, -0.15) is 0 Å². The number of likely N-dealkylation sites (N-methyl/N-ethyl adjacent to an activating group) is 1. The van der Waals surface area contributed by atoms with Crippen molar-refractivity contribution in [2.24, 2.45) is 5.92 Å². The Kier molecular flexibility index (Phi) is 7.98. The van der Waals surface area contributed by atoms with E-state index in [0.29, 0.717) is 6.10 Å². The molecular weight excluding hydrogens is 334 g/mol. The molecule has 152 valence electrons. The lowest BCUT2D eigenvalue weighted by molar-refractivity contribution is 0.00360. The van der Waals surface area contributed by atoms with Crippen molar-refractivity contribution in [3.63, 3.8) is 0 Å². The molecule has 2 aliphatic heterocycles. The van der Waals surface area contributed by atoms with Gasteiger partial charge in [-0.3, -0.25) is 4.90 Å². The van der Waals surface area contributed by atoms with Crippen LogP contribution in [0.4, 0.5) is 5.69 Å². The molecule has 4 heteroatoms. The number of anilines is 1. The van der Waals surface area contributed by atoms with E-state index < -0.39 is 0 Å². The first-order valence-corrected chi connectivity index (χ1v) is 11.0. The Hall–Kier alpha value is -1.10. The van der Waals surface area contributed by atoms with Crippen molar-refractivity contribution in [3.8, 4) is 0 Å². The molecule has 4 nitrogen and oxygen atoms in total. The normalized spacial score (nSPS) is 20.5. The summed E-state index contributed by atoms with van der Waals surface area (Å²) in [6.07, 6.45) is 5.33. The predicted molar refractivity (Wildman–Crippen MR) is 114 cm³/mol. The summed E-state index contributed by atoms with van der Waals surface area (Å²) < 4.78 is 6.09. The van der Waals surface area contributed by atoms with Gasteiger partial charge in [0.05, 0.1) is 6.10 Å². The van der Waals surface area contributed by atoms with Gasteiger partial charge in [0.1, 0.15) is 0 Å². The van der Waals surface area contributed by atoms with Gasteiger partial charge in [0.25, 0.3) is 0 Å². The molecule has 0 aromatic heterocycles. The third-order valence-electron chi connectivity index (χ3n) is 6.02. The highest BCUT2D eigenvalue weighted by atomic mass is 16.5. The van der Waals surface area contributed by atoms with Crippen LogP contribution in [0.15, 0.2) is 24.3 Å². The van der Waals surface area contributed by atoms with E-state index in [2.05, 4.69) is 59.9 Å². The number of ether oxygens (including phenoxy) is 1. The van der Waals surface area contributed by atoms with E-state index in [-0.39, 0.29) is 0 Å². The van der Waals surface area contributed by atoms with Crippen LogP contribution in [0.3, 0.4) is 0 Å². The van der Waals surface area contributed by atoms with Crippen molar-refractivity contribution in [3.05, 3.63) is 29.8 Å². The van der Waals surface area contributed by atoms with E-state index in [1.807, 2.05) is 0 Å². The Bertz CT molecular complexity index is 529. The second-order valence-corrected chi connectivity index (χ2v) is 8.84. The van der Waals surface area contributed by atoms with E-state index >= 15 is 0 Å². The van der Waals surface area contributed by atoms with Gasteiger partial charge in [0.15, 0.2) is 0 Å². The molecular formula is C23H39N3O. The zero-order valence-electron chi connectivity index (χ0n) is 17.7. The van der Waals surface area contributed by atoms with Crippen LogP contribution in [0.5, 0.6) is 0 Å². The topological polar surface area (TPSA) is 19.0 Å². The summed E-state index contributed by atoms with van der Waals surface area (Å²) in [5.41, 5.74) is 2.81. The summed E-state index contributed by atoms with van der Waals surface area (Å²) in [5.74, 6) is 0.790. The minimum Gasteiger partial charge on any atom is -0.378 e. The predicted octanol–water partition coefficient (Wildman–Crippen LogP) is 3.86. The average molecular weight is 374 g/mol. The van der Waals surface area contributed by atoms with E-state index in [1.54, 1.807) is 0 Å². The van der Waals surface area contributed by atoms with Crippen LogP contribution >= 0.6 is 0 Å². The maximum atomic E-state index is 6.09. The highest BCUT2D eigenvalue weighted by molar-refractivity contribution is 5.48. The standard InChI is InChI=1S/C23H39N3O/c1-20(2)5-4-18-27-23-10-12-25(13-11-23)19-21-6-8-22(9-7-21)26-16-14-24(3)15-17-26/h6-9,20,23H,4-5,10-19H2,1-3H3. The lowest BCUT2D eigenvalue weighted by atomic mass is 10.1. The zero-order chi connectivity index (χ0) is 19.1. The van der Waals surface area contributed by atoms with Crippen molar-refractivity contribution in [2.75, 3.05) is 57.8 Å². The van der Waals surface area contributed by atoms with Gasteiger partial charge in [-0.15, -0.1) is 0 Å². The quantitative estimate of drug-likeness (QED) is 0.644. The summed E-state index contributed by atoms with van der Waals surface area (Å²) >= 11 is 0. The SMILES string of the molecule is CC(C)CCCOC1CCN(Cc2ccc(N3CCN(C)CC3)cc2)CC1. The first-order valence-electron chi connectivity index (χ1n) is 11.0. The molecule has 0 radical (unpaired) electrons. The maximum absolute atomic E-state index is 6.09. The molecule has 0 atom stereocenters. The van der Waals surface area contributed by atoms with Crippen molar-refractivity contribution >= 4 is 5.69 Å². The first-order chi connectivity index (χ1) is 13.1. The van der Waals surface area contributed by atoms with Crippen LogP contribution in [-0.2, 0) is 11.3 Å². The molecule has 1 aromatic rings. The number of rotatable bonds is 8. The number of piperidine rings is 1. The van der Waals surface area contributed by atoms with Gasteiger partial charge < -0.3 is 14.5 Å². The fraction of sp³-hybridized carbons (Fsp3) is 0.739. The van der Waals surface area contributed by atoms with Gasteiger partial charge in [-0.1, -0.05) is 26.0 Å². The molecule has 2 aliphatic rings. The zero-order valence-corrected chi connectivity index (χ0v) is 17.7. The Morgan fingerprint density at radius 1 is 0.963 bits per heavy atom. The van der Waals surface area contributed by atoms with Crippen LogP contribution in [0.2, 0.25) is 0 Å². The third kappa shape index (κ3) is 6.78. The van der Waals surface area contributed by atoms with Crippen LogP contribution in [-0.4, -0.2) is 68.8 Å². The summed E-state index contributed by atoms with van der Waals surface area (Å²) in [5, 5.41) is 0. The van der Waals surface area contributed by atoms with Crippen molar-refractivity contribution < 1.29 is 4.74 Å². The third-order valence-corrected chi connectivity index (χ3v) is 6.02. The highest BCUT2D eigenvalue weighted by Gasteiger charge is 2.20. The van der Waals surface area contributed by atoms with Crippen LogP contribution in [0.25, 0.3) is 0 Å². The highest BCUT2D eigenvalue weighted by Crippen LogP contribution is 2.20. The molecule has 0 N–H and O–H groups in total. The number of benzene rings is 1. The minimum atomic E-state index is 0.480. The first kappa shape index (κ1) is 20.6. The van der Waals surface area contributed by atoms with E-state index in [9.17, 15) is 0 Å². The monoisotopic (exact) mass is 373 g/mol. The Morgan fingerprint density at radius 2 is 1.63 bits per heavy atom. The molecule has 2 fully saturated rings. The molecule has 0 bridgehead atoms. The van der Waals surface area contributed by atoms with Gasteiger partial charge in [-0.05, 0) is 56.3 Å². The molecule has 27 heavy (non-hydrogen) atoms. The van der Waals surface area contributed by atoms with Gasteiger partial charge >= 0.3 is 0 Å². The van der Waals surface area contributed by atoms with Crippen molar-refractivity contribution in [1.82, 2.24) is 9.80 Å². The van der Waals surface area contributed by atoms with E-state index in [1.165, 1.54) is 36.9 Å². The summed E-state index contributed by atoms with van der Waals surface area (Å²) in [7, 11) is 2.21. The second kappa shape index (κ2) is 10.4. The average Bonchev–Trinajstić information content (AvgIpc) is 2.68. The maximum Gasteiger partial charge on any atom is 0.0599 e. The van der Waals surface area contributed by atoms with E-state index in [4.69, 9.17) is 4.74 Å². The molecule has 2 saturated heterocycles. The number of piperazine rings is 1. The molecule has 0 amide bonds. The molecule has 0 unspecified atom stereocenters. The molecule has 3 rings (SSSR count). The number of hydrogen-bond donors (Lipinski definition) is 0. The van der Waals surface area contributed by atoms with Gasteiger partial charge in [-0.25, -0.2) is 0 Å². The fourth-order valence-electron chi connectivity index (χ4n) is 4.11. The smallest absolute Gasteiger partial charge is 0.0599 e. The molecule has 0 aliphatic carbocycles. The molecule has 2 heterocycles. The Labute approximate surface area is 166 Å². The van der Waals surface area contributed by atoms with Crippen molar-refractivity contribution in [2.45, 2.75) is 52.2 Å². The Morgan fingerprint density at radius 3 is 2.26 bits per heavy atom. The largest absolute Gasteiger partial charge is 0.378 e. The Balaban J connectivity index is 1.36. The van der Waals surface area contributed by atoms with Crippen LogP contribution in [0.1, 0.15) is 45.1 Å².